The van der Waals surface area contributed by atoms with E-state index in [2.05, 4.69) is 10.3 Å². The number of halogens is 3. The molecule has 0 spiro atoms. The topological polar surface area (TPSA) is 127 Å². The quantitative estimate of drug-likeness (QED) is 0.184. The van der Waals surface area contributed by atoms with E-state index in [9.17, 15) is 32.3 Å². The molecule has 2 bridgehead atoms. The zero-order chi connectivity index (χ0) is 36.5. The van der Waals surface area contributed by atoms with Gasteiger partial charge in [0.2, 0.25) is 11.8 Å². The van der Waals surface area contributed by atoms with Crippen molar-refractivity contribution in [3.05, 3.63) is 92.4 Å². The summed E-state index contributed by atoms with van der Waals surface area (Å²) in [4.78, 5) is 57.8. The highest BCUT2D eigenvalue weighted by molar-refractivity contribution is 8.00. The lowest BCUT2D eigenvalue weighted by Crippen LogP contribution is -2.42. The Morgan fingerprint density at radius 1 is 0.962 bits per heavy atom. The fraction of sp³-hybridized carbons (Fsp3) is 0.351. The minimum Gasteiger partial charge on any atom is -0.497 e. The molecule has 1 saturated heterocycles. The van der Waals surface area contributed by atoms with Crippen LogP contribution in [0.1, 0.15) is 35.3 Å². The molecule has 7 atom stereocenters. The molecular weight excluding hydrogens is 720 g/mol. The molecule has 2 N–H and O–H groups in total. The van der Waals surface area contributed by atoms with E-state index >= 15 is 0 Å². The van der Waals surface area contributed by atoms with Crippen molar-refractivity contribution in [3.8, 4) is 17.2 Å². The van der Waals surface area contributed by atoms with Gasteiger partial charge in [-0.3, -0.25) is 19.2 Å². The van der Waals surface area contributed by atoms with Gasteiger partial charge in [0.25, 0.3) is 5.91 Å². The van der Waals surface area contributed by atoms with E-state index in [0.29, 0.717) is 41.0 Å². The molecule has 3 fully saturated rings. The lowest BCUT2D eigenvalue weighted by molar-refractivity contribution is -0.137. The van der Waals surface area contributed by atoms with Crippen molar-refractivity contribution < 1.29 is 41.8 Å². The number of nitrogens with zero attached hydrogens (tertiary/aromatic N) is 1. The fourth-order valence-corrected chi connectivity index (χ4v) is 11.5. The average molecular weight is 752 g/mol. The summed E-state index contributed by atoms with van der Waals surface area (Å²) in [7, 11) is 1.55. The third-order valence-electron chi connectivity index (χ3n) is 10.5. The number of rotatable bonds is 9. The number of methoxy groups -OCH3 is 1. The van der Waals surface area contributed by atoms with Gasteiger partial charge in [-0.25, -0.2) is 4.90 Å². The van der Waals surface area contributed by atoms with Crippen molar-refractivity contribution in [2.45, 2.75) is 35.7 Å². The molecule has 1 aromatic heterocycles. The van der Waals surface area contributed by atoms with Gasteiger partial charge in [0.1, 0.15) is 5.75 Å². The number of thioether (sulfide) groups is 1. The first-order valence-corrected chi connectivity index (χ1v) is 18.4. The van der Waals surface area contributed by atoms with Crippen LogP contribution in [0.4, 0.5) is 24.5 Å². The lowest BCUT2D eigenvalue weighted by atomic mass is 9.68. The van der Waals surface area contributed by atoms with Crippen molar-refractivity contribution in [1.29, 1.82) is 0 Å². The van der Waals surface area contributed by atoms with E-state index in [1.165, 1.54) is 30.0 Å². The zero-order valence-corrected chi connectivity index (χ0v) is 29.4. The first-order valence-electron chi connectivity index (χ1n) is 16.8. The van der Waals surface area contributed by atoms with E-state index in [1.54, 1.807) is 37.4 Å². The van der Waals surface area contributed by atoms with Gasteiger partial charge in [-0.15, -0.1) is 11.8 Å². The van der Waals surface area contributed by atoms with Crippen LogP contribution in [-0.2, 0) is 20.6 Å². The van der Waals surface area contributed by atoms with Gasteiger partial charge in [-0.1, -0.05) is 29.5 Å². The van der Waals surface area contributed by atoms with E-state index in [1.807, 2.05) is 19.1 Å². The number of H-pyrrole nitrogens is 1. The maximum absolute atomic E-state index is 14.1. The van der Waals surface area contributed by atoms with Crippen LogP contribution in [0.25, 0.3) is 0 Å². The summed E-state index contributed by atoms with van der Waals surface area (Å²) in [6.07, 6.45) is -4.18. The molecule has 0 radical (unpaired) electrons. The maximum atomic E-state index is 14.1. The van der Waals surface area contributed by atoms with Crippen LogP contribution in [0.3, 0.4) is 0 Å². The van der Waals surface area contributed by atoms with Gasteiger partial charge in [0.15, 0.2) is 18.1 Å². The van der Waals surface area contributed by atoms with Crippen molar-refractivity contribution in [2.24, 2.45) is 29.6 Å². The summed E-state index contributed by atoms with van der Waals surface area (Å²) in [5, 5.41) is 3.30. The Labute approximate surface area is 303 Å². The molecule has 8 rings (SSSR count). The molecule has 10 nitrogen and oxygen atoms in total. The molecule has 4 aromatic rings. The zero-order valence-electron chi connectivity index (χ0n) is 27.8. The van der Waals surface area contributed by atoms with Crippen LogP contribution in [0, 0.1) is 29.6 Å². The Morgan fingerprint density at radius 2 is 1.69 bits per heavy atom. The molecule has 3 amide bonds. The minimum atomic E-state index is -4.75. The number of aromatic nitrogens is 1. The molecule has 3 aromatic carbocycles. The number of alkyl halides is 3. The highest BCUT2D eigenvalue weighted by Crippen LogP contribution is 2.69. The Kier molecular flexibility index (Phi) is 8.60. The summed E-state index contributed by atoms with van der Waals surface area (Å²) in [5.74, 6) is -2.90. The second-order valence-corrected chi connectivity index (χ2v) is 15.4. The summed E-state index contributed by atoms with van der Waals surface area (Å²) in [5.41, 5.74) is -0.101. The van der Waals surface area contributed by atoms with Crippen LogP contribution >= 0.6 is 23.1 Å². The molecule has 3 heterocycles. The second kappa shape index (κ2) is 13.0. The number of imide groups is 1. The number of hydrogen-bond acceptors (Lipinski definition) is 9. The number of para-hydroxylation sites is 1. The molecule has 2 aliphatic carbocycles. The molecule has 52 heavy (non-hydrogen) atoms. The molecule has 6 unspecified atom stereocenters. The standard InChI is InChI=1S/C37H32F3N3O7S2/c1-3-49-25-14-17(8-13-24(25)50-16-26(44)41-18-9-11-19(48-2)12-10-18)27-28-20-15-21(31(28)51-33-32(27)52-36(47)42-33)30-29(20)34(45)43(35(30)46)23-7-5-4-6-22(23)37(38,39)40/h4-14,20-21,27-31H,3,15-16H2,1-2H3,(H,41,44)(H,42,47)/t20?,21?,27-,28?,29?,30?,31?/m1/s1. The number of thiazole rings is 1. The van der Waals surface area contributed by atoms with Crippen molar-refractivity contribution in [3.63, 3.8) is 0 Å². The number of carbonyl (C=O) groups excluding carboxylic acids is 3. The van der Waals surface area contributed by atoms with E-state index in [0.717, 1.165) is 32.7 Å². The SMILES string of the molecule is CCOc1cc([C@H]2c3sc(=O)[nH]c3SC3C4CC(C5C(=O)N(c6ccccc6C(F)(F)F)C(=O)C45)C32)ccc1OCC(=O)Nc1ccc(OC)cc1. The third kappa shape index (κ3) is 5.65. The number of anilines is 2. The number of benzene rings is 3. The highest BCUT2D eigenvalue weighted by Gasteiger charge is 2.70. The maximum Gasteiger partial charge on any atom is 0.418 e. The normalized spacial score (nSPS) is 25.8. The number of fused-ring (bicyclic) bond motifs is 9. The van der Waals surface area contributed by atoms with Crippen LogP contribution < -0.4 is 29.3 Å². The van der Waals surface area contributed by atoms with Gasteiger partial charge < -0.3 is 24.5 Å². The van der Waals surface area contributed by atoms with E-state index in [4.69, 9.17) is 14.2 Å². The van der Waals surface area contributed by atoms with Crippen molar-refractivity contribution in [2.75, 3.05) is 30.5 Å². The predicted octanol–water partition coefficient (Wildman–Crippen LogP) is 6.56. The van der Waals surface area contributed by atoms with Gasteiger partial charge in [0, 0.05) is 21.7 Å². The minimum absolute atomic E-state index is 0.170. The number of ether oxygens (including phenoxy) is 3. The number of hydrogen-bond donors (Lipinski definition) is 2. The number of nitrogens with one attached hydrogen (secondary N) is 2. The molecule has 270 valence electrons. The molecule has 4 aliphatic rings. The van der Waals surface area contributed by atoms with E-state index < -0.39 is 41.1 Å². The van der Waals surface area contributed by atoms with Gasteiger partial charge >= 0.3 is 11.0 Å². The number of aromatic amines is 1. The smallest absolute Gasteiger partial charge is 0.418 e. The number of carbonyl (C=O) groups is 3. The van der Waals surface area contributed by atoms with Crippen molar-refractivity contribution in [1.82, 2.24) is 4.98 Å². The Hall–Kier alpha value is -4.76. The van der Waals surface area contributed by atoms with Gasteiger partial charge in [-0.2, -0.15) is 13.2 Å². The first kappa shape index (κ1) is 34.3. The summed E-state index contributed by atoms with van der Waals surface area (Å²) >= 11 is 2.57. The van der Waals surface area contributed by atoms with Crippen LogP contribution in [-0.4, -0.2) is 48.3 Å². The summed E-state index contributed by atoms with van der Waals surface area (Å²) in [6.45, 7) is 1.82. The molecule has 2 saturated carbocycles. The molecule has 15 heteroatoms. The fourth-order valence-electron chi connectivity index (χ4n) is 8.66. The largest absolute Gasteiger partial charge is 0.497 e. The van der Waals surface area contributed by atoms with Gasteiger partial charge in [0.05, 0.1) is 41.8 Å². The average Bonchev–Trinajstić information content (AvgIpc) is 3.86. The Morgan fingerprint density at radius 3 is 2.40 bits per heavy atom. The summed E-state index contributed by atoms with van der Waals surface area (Å²) in [6, 6.07) is 16.9. The lowest BCUT2D eigenvalue weighted by Gasteiger charge is -2.43. The Balaban J connectivity index is 1.10. The predicted molar refractivity (Wildman–Crippen MR) is 187 cm³/mol. The van der Waals surface area contributed by atoms with Crippen LogP contribution in [0.15, 0.2) is 76.6 Å². The first-order chi connectivity index (χ1) is 25.0. The molecule has 2 aliphatic heterocycles. The van der Waals surface area contributed by atoms with Crippen LogP contribution in [0.5, 0.6) is 17.2 Å². The van der Waals surface area contributed by atoms with Crippen molar-refractivity contribution >= 4 is 52.2 Å². The van der Waals surface area contributed by atoms with Crippen LogP contribution in [0.2, 0.25) is 0 Å². The second-order valence-electron chi connectivity index (χ2n) is 13.2. The van der Waals surface area contributed by atoms with E-state index in [-0.39, 0.29) is 46.3 Å². The Bertz CT molecular complexity index is 2140. The third-order valence-corrected chi connectivity index (χ3v) is 13.1. The molecular formula is C37H32F3N3O7S2. The van der Waals surface area contributed by atoms with Gasteiger partial charge in [-0.05, 0) is 85.2 Å². The summed E-state index contributed by atoms with van der Waals surface area (Å²) < 4.78 is 59.1. The monoisotopic (exact) mass is 751 g/mol. The number of amides is 3. The highest BCUT2D eigenvalue weighted by atomic mass is 32.2.